The minimum absolute atomic E-state index is 0.236. The van der Waals surface area contributed by atoms with E-state index in [0.717, 1.165) is 29.2 Å². The third-order valence-electron chi connectivity index (χ3n) is 4.31. The number of aromatic nitrogens is 1. The van der Waals surface area contributed by atoms with Gasteiger partial charge in [0.2, 0.25) is 0 Å². The van der Waals surface area contributed by atoms with Gasteiger partial charge in [-0.15, -0.1) is 11.3 Å². The number of halogens is 2. The first kappa shape index (κ1) is 16.4. The van der Waals surface area contributed by atoms with E-state index < -0.39 is 27.7 Å². The molecule has 0 fully saturated rings. The Morgan fingerprint density at radius 3 is 2.60 bits per heavy atom. The maximum absolute atomic E-state index is 13.8. The number of hydrogen-bond donors (Lipinski definition) is 0. The Morgan fingerprint density at radius 2 is 1.88 bits per heavy atom. The predicted octanol–water partition coefficient (Wildman–Crippen LogP) is 3.62. The minimum Gasteiger partial charge on any atom is -0.348 e. The van der Waals surface area contributed by atoms with Crippen LogP contribution in [0.2, 0.25) is 0 Å². The van der Waals surface area contributed by atoms with Crippen LogP contribution in [-0.4, -0.2) is 23.8 Å². The molecule has 2 aromatic heterocycles. The fraction of sp³-hybridized carbons (Fsp3) is 0.176. The molecule has 1 aliphatic heterocycles. The highest BCUT2D eigenvalue weighted by atomic mass is 32.2. The van der Waals surface area contributed by atoms with Gasteiger partial charge >= 0.3 is 0 Å². The first-order valence-electron chi connectivity index (χ1n) is 7.64. The van der Waals surface area contributed by atoms with Crippen LogP contribution in [0.5, 0.6) is 0 Å². The van der Waals surface area contributed by atoms with Crippen molar-refractivity contribution >= 4 is 21.4 Å². The molecule has 8 heteroatoms. The summed E-state index contributed by atoms with van der Waals surface area (Å²) in [5.41, 5.74) is 1.14. The zero-order valence-electron chi connectivity index (χ0n) is 13.0. The summed E-state index contributed by atoms with van der Waals surface area (Å²) in [5.74, 6) is -1.95. The second-order valence-corrected chi connectivity index (χ2v) is 8.82. The number of sulfonamides is 1. The van der Waals surface area contributed by atoms with Crippen LogP contribution >= 0.6 is 11.3 Å². The van der Waals surface area contributed by atoms with Crippen molar-refractivity contribution in [1.29, 1.82) is 0 Å². The van der Waals surface area contributed by atoms with Crippen LogP contribution < -0.4 is 0 Å². The number of fused-ring (bicyclic) bond motifs is 1. The molecule has 3 heterocycles. The van der Waals surface area contributed by atoms with Gasteiger partial charge in [0, 0.05) is 25.0 Å². The molecule has 0 amide bonds. The molecule has 1 aliphatic rings. The summed E-state index contributed by atoms with van der Waals surface area (Å²) in [6.07, 6.45) is 1.86. The number of rotatable bonds is 3. The van der Waals surface area contributed by atoms with E-state index in [-0.39, 0.29) is 10.8 Å². The maximum atomic E-state index is 13.8. The minimum atomic E-state index is -3.74. The Morgan fingerprint density at radius 1 is 1.04 bits per heavy atom. The number of thiophene rings is 1. The van der Waals surface area contributed by atoms with Gasteiger partial charge in [0.05, 0.1) is 6.04 Å². The summed E-state index contributed by atoms with van der Waals surface area (Å²) in [7, 11) is -3.74. The highest BCUT2D eigenvalue weighted by Crippen LogP contribution is 2.37. The molecule has 0 saturated heterocycles. The van der Waals surface area contributed by atoms with E-state index in [9.17, 15) is 17.2 Å². The third kappa shape index (κ3) is 2.70. The van der Waals surface area contributed by atoms with Crippen molar-refractivity contribution in [2.75, 3.05) is 6.54 Å². The average molecular weight is 380 g/mol. The summed E-state index contributed by atoms with van der Waals surface area (Å²) >= 11 is 1.14. The summed E-state index contributed by atoms with van der Waals surface area (Å²) in [4.78, 5) is 0. The Balaban J connectivity index is 1.88. The largest absolute Gasteiger partial charge is 0.348 e. The predicted molar refractivity (Wildman–Crippen MR) is 90.8 cm³/mol. The van der Waals surface area contributed by atoms with E-state index in [0.29, 0.717) is 12.1 Å². The lowest BCUT2D eigenvalue weighted by atomic mass is 10.0. The summed E-state index contributed by atoms with van der Waals surface area (Å²) < 4.78 is 56.8. The maximum Gasteiger partial charge on any atom is 0.253 e. The quantitative estimate of drug-likeness (QED) is 0.696. The van der Waals surface area contributed by atoms with E-state index in [1.54, 1.807) is 17.5 Å². The second-order valence-electron chi connectivity index (χ2n) is 5.75. The molecule has 0 aliphatic carbocycles. The number of nitrogens with zero attached hydrogens (tertiary/aromatic N) is 2. The summed E-state index contributed by atoms with van der Waals surface area (Å²) in [6.45, 7) is 0.763. The van der Waals surface area contributed by atoms with Gasteiger partial charge in [0.15, 0.2) is 11.6 Å². The molecule has 0 spiro atoms. The van der Waals surface area contributed by atoms with Crippen molar-refractivity contribution in [3.63, 3.8) is 0 Å². The molecule has 0 bridgehead atoms. The molecule has 1 atom stereocenters. The van der Waals surface area contributed by atoms with Gasteiger partial charge in [-0.3, -0.25) is 0 Å². The highest BCUT2D eigenvalue weighted by molar-refractivity contribution is 7.91. The molecular weight excluding hydrogens is 366 g/mol. The van der Waals surface area contributed by atoms with Crippen LogP contribution in [0.1, 0.15) is 17.3 Å². The van der Waals surface area contributed by atoms with Crippen molar-refractivity contribution in [2.24, 2.45) is 0 Å². The van der Waals surface area contributed by atoms with Gasteiger partial charge in [-0.25, -0.2) is 17.2 Å². The Labute approximate surface area is 148 Å². The van der Waals surface area contributed by atoms with Gasteiger partial charge in [-0.2, -0.15) is 4.31 Å². The van der Waals surface area contributed by atoms with Crippen molar-refractivity contribution in [1.82, 2.24) is 8.87 Å². The van der Waals surface area contributed by atoms with Crippen LogP contribution in [0, 0.1) is 11.6 Å². The lowest BCUT2D eigenvalue weighted by Gasteiger charge is -2.36. The summed E-state index contributed by atoms with van der Waals surface area (Å²) in [5, 5.41) is 1.70. The molecule has 1 aromatic carbocycles. The van der Waals surface area contributed by atoms with Gasteiger partial charge < -0.3 is 4.57 Å². The molecule has 25 heavy (non-hydrogen) atoms. The molecule has 4 nitrogen and oxygen atoms in total. The molecule has 0 radical (unpaired) electrons. The van der Waals surface area contributed by atoms with E-state index in [1.165, 1.54) is 10.4 Å². The van der Waals surface area contributed by atoms with Crippen LogP contribution in [-0.2, 0) is 16.6 Å². The Kier molecular flexibility index (Phi) is 3.98. The van der Waals surface area contributed by atoms with Crippen LogP contribution in [0.3, 0.4) is 0 Å². The SMILES string of the molecule is O=S(=O)(c1cccs1)N1CCn2cccc2C1c1ccc(F)c(F)c1. The molecule has 130 valence electrons. The average Bonchev–Trinajstić information content (AvgIpc) is 3.27. The van der Waals surface area contributed by atoms with Crippen LogP contribution in [0.25, 0.3) is 0 Å². The second kappa shape index (κ2) is 6.05. The lowest BCUT2D eigenvalue weighted by Crippen LogP contribution is -2.42. The topological polar surface area (TPSA) is 42.3 Å². The third-order valence-corrected chi connectivity index (χ3v) is 7.55. The van der Waals surface area contributed by atoms with Crippen molar-refractivity contribution in [2.45, 2.75) is 16.8 Å². The molecule has 3 aromatic rings. The van der Waals surface area contributed by atoms with Gasteiger partial charge in [-0.05, 0) is 41.3 Å². The zero-order valence-corrected chi connectivity index (χ0v) is 14.6. The Hall–Kier alpha value is -2.03. The van der Waals surface area contributed by atoms with Gasteiger partial charge in [0.25, 0.3) is 10.0 Å². The Bertz CT molecular complexity index is 1010. The van der Waals surface area contributed by atoms with E-state index >= 15 is 0 Å². The van der Waals surface area contributed by atoms with Crippen LogP contribution in [0.4, 0.5) is 8.78 Å². The van der Waals surface area contributed by atoms with E-state index in [1.807, 2.05) is 22.9 Å². The normalized spacial score (nSPS) is 18.2. The molecule has 1 unspecified atom stereocenters. The first-order valence-corrected chi connectivity index (χ1v) is 9.96. The molecular formula is C17H14F2N2O2S2. The van der Waals surface area contributed by atoms with E-state index in [2.05, 4.69) is 0 Å². The van der Waals surface area contributed by atoms with E-state index in [4.69, 9.17) is 0 Å². The van der Waals surface area contributed by atoms with Crippen molar-refractivity contribution < 1.29 is 17.2 Å². The first-order chi connectivity index (χ1) is 12.0. The molecule has 4 rings (SSSR count). The standard InChI is InChI=1S/C17H14F2N2O2S2/c18-13-6-5-12(11-14(13)19)17-15-3-1-7-20(15)8-9-21(17)25(22,23)16-4-2-10-24-16/h1-7,10-11,17H,8-9H2. The monoisotopic (exact) mass is 380 g/mol. The van der Waals surface area contributed by atoms with Crippen molar-refractivity contribution in [3.05, 3.63) is 76.9 Å². The molecule has 0 saturated carbocycles. The smallest absolute Gasteiger partial charge is 0.253 e. The highest BCUT2D eigenvalue weighted by Gasteiger charge is 2.38. The fourth-order valence-electron chi connectivity index (χ4n) is 3.17. The number of benzene rings is 1. The fourth-order valence-corrected chi connectivity index (χ4v) is 5.87. The lowest BCUT2D eigenvalue weighted by molar-refractivity contribution is 0.298. The van der Waals surface area contributed by atoms with Gasteiger partial charge in [-0.1, -0.05) is 12.1 Å². The van der Waals surface area contributed by atoms with Gasteiger partial charge in [0.1, 0.15) is 4.21 Å². The zero-order chi connectivity index (χ0) is 17.6. The van der Waals surface area contributed by atoms with Crippen molar-refractivity contribution in [3.8, 4) is 0 Å². The summed E-state index contributed by atoms with van der Waals surface area (Å²) in [6, 6.07) is 9.69. The number of hydrogen-bond acceptors (Lipinski definition) is 3. The molecule has 0 N–H and O–H groups in total. The van der Waals surface area contributed by atoms with Crippen LogP contribution in [0.15, 0.2) is 58.3 Å².